The van der Waals surface area contributed by atoms with Crippen molar-refractivity contribution >= 4 is 69.3 Å². The van der Waals surface area contributed by atoms with Crippen LogP contribution in [0.4, 0.5) is 0 Å². The Balaban J connectivity index is 1.75. The molecule has 2 heterocycles. The van der Waals surface area contributed by atoms with Crippen LogP contribution in [-0.2, 0) is 13.5 Å². The molecular weight excluding hydrogens is 486 g/mol. The number of hydrogen-bond acceptors (Lipinski definition) is 4. The summed E-state index contributed by atoms with van der Waals surface area (Å²) in [5.74, 6) is 0.641. The number of thioether (sulfide) groups is 1. The molecule has 0 bridgehead atoms. The van der Waals surface area contributed by atoms with Gasteiger partial charge in [0.1, 0.15) is 0 Å². The van der Waals surface area contributed by atoms with E-state index in [0.29, 0.717) is 48.8 Å². The maximum absolute atomic E-state index is 13.2. The molecule has 4 aromatic rings. The van der Waals surface area contributed by atoms with E-state index in [9.17, 15) is 4.79 Å². The van der Waals surface area contributed by atoms with Crippen LogP contribution in [0.2, 0.25) is 20.1 Å². The zero-order valence-corrected chi connectivity index (χ0v) is 19.4. The van der Waals surface area contributed by atoms with E-state index in [2.05, 4.69) is 9.97 Å². The first-order chi connectivity index (χ1) is 14.3. The van der Waals surface area contributed by atoms with Crippen molar-refractivity contribution in [2.75, 3.05) is 5.75 Å². The smallest absolute Gasteiger partial charge is 0.287 e. The highest BCUT2D eigenvalue weighted by Gasteiger charge is 2.18. The molecule has 0 fully saturated rings. The van der Waals surface area contributed by atoms with E-state index in [4.69, 9.17) is 46.4 Å². The van der Waals surface area contributed by atoms with E-state index in [-0.39, 0.29) is 11.1 Å². The van der Waals surface area contributed by atoms with Gasteiger partial charge in [0.15, 0.2) is 16.3 Å². The fourth-order valence-corrected chi connectivity index (χ4v) is 4.95. The Hall–Kier alpha value is -1.70. The Morgan fingerprint density at radius 2 is 1.70 bits per heavy atom. The van der Waals surface area contributed by atoms with Gasteiger partial charge in [0.05, 0.1) is 17.0 Å². The van der Waals surface area contributed by atoms with Gasteiger partial charge in [-0.15, -0.1) is 0 Å². The predicted molar refractivity (Wildman–Crippen MR) is 125 cm³/mol. The molecule has 154 valence electrons. The topological polar surface area (TPSA) is 52.7 Å². The summed E-state index contributed by atoms with van der Waals surface area (Å²) >= 11 is 26.1. The van der Waals surface area contributed by atoms with Gasteiger partial charge in [-0.1, -0.05) is 64.2 Å². The summed E-state index contributed by atoms with van der Waals surface area (Å²) in [6, 6.07) is 10.4. The summed E-state index contributed by atoms with van der Waals surface area (Å²) < 4.78 is 3.19. The Morgan fingerprint density at radius 1 is 1.00 bits per heavy atom. The molecule has 0 saturated heterocycles. The van der Waals surface area contributed by atoms with Gasteiger partial charge >= 0.3 is 0 Å². The molecule has 0 saturated carbocycles. The normalized spacial score (nSPS) is 11.4. The van der Waals surface area contributed by atoms with Crippen LogP contribution < -0.4 is 5.56 Å². The number of nitrogens with zero attached hydrogens (tertiary/aromatic N) is 4. The minimum atomic E-state index is -0.295. The molecule has 0 radical (unpaired) electrons. The average Bonchev–Trinajstić information content (AvgIpc) is 3.06. The molecule has 4 rings (SSSR count). The lowest BCUT2D eigenvalue weighted by atomic mass is 10.2. The summed E-state index contributed by atoms with van der Waals surface area (Å²) in [5.41, 5.74) is 1.95. The molecule has 0 atom stereocenters. The minimum absolute atomic E-state index is 0.272. The number of aryl methyl sites for hydroxylation is 2. The predicted octanol–water partition coefficient (Wildman–Crippen LogP) is 6.07. The molecular formula is C20H14Cl4N4OS. The van der Waals surface area contributed by atoms with Crippen LogP contribution in [0.3, 0.4) is 0 Å². The Morgan fingerprint density at radius 3 is 2.40 bits per heavy atom. The van der Waals surface area contributed by atoms with Crippen molar-refractivity contribution < 1.29 is 0 Å². The van der Waals surface area contributed by atoms with Gasteiger partial charge in [0.25, 0.3) is 5.56 Å². The second-order valence-electron chi connectivity index (χ2n) is 6.49. The van der Waals surface area contributed by atoms with Crippen molar-refractivity contribution in [3.05, 3.63) is 78.7 Å². The lowest BCUT2D eigenvalue weighted by molar-refractivity contribution is 0.802. The molecule has 0 aliphatic carbocycles. The second kappa shape index (κ2) is 8.81. The molecule has 0 unspecified atom stereocenters. The second-order valence-corrected chi connectivity index (χ2v) is 9.24. The molecule has 0 spiro atoms. The van der Waals surface area contributed by atoms with Crippen LogP contribution in [0, 0.1) is 0 Å². The van der Waals surface area contributed by atoms with Crippen LogP contribution in [0.5, 0.6) is 0 Å². The summed E-state index contributed by atoms with van der Waals surface area (Å²) in [7, 11) is 1.79. The molecule has 10 heteroatoms. The Labute approximate surface area is 196 Å². The van der Waals surface area contributed by atoms with Gasteiger partial charge in [-0.2, -0.15) is 0 Å². The lowest BCUT2D eigenvalue weighted by Gasteiger charge is -2.14. The van der Waals surface area contributed by atoms with Gasteiger partial charge in [0, 0.05) is 27.9 Å². The maximum atomic E-state index is 13.2. The van der Waals surface area contributed by atoms with Crippen LogP contribution in [0.15, 0.2) is 52.7 Å². The van der Waals surface area contributed by atoms with E-state index >= 15 is 0 Å². The molecule has 0 aliphatic rings. The first-order valence-corrected chi connectivity index (χ1v) is 11.3. The fourth-order valence-electron chi connectivity index (χ4n) is 2.99. The monoisotopic (exact) mass is 498 g/mol. The van der Waals surface area contributed by atoms with Crippen molar-refractivity contribution in [3.63, 3.8) is 0 Å². The third-order valence-electron chi connectivity index (χ3n) is 4.47. The number of hydrogen-bond donors (Lipinski definition) is 0. The molecule has 0 aliphatic heterocycles. The highest BCUT2D eigenvalue weighted by molar-refractivity contribution is 7.99. The van der Waals surface area contributed by atoms with E-state index in [1.807, 2.05) is 6.07 Å². The third-order valence-corrected chi connectivity index (χ3v) is 6.54. The largest absolute Gasteiger partial charge is 0.318 e. The van der Waals surface area contributed by atoms with E-state index in [1.165, 1.54) is 16.3 Å². The number of imidazole rings is 1. The number of aromatic nitrogens is 4. The number of halogens is 4. The molecule has 30 heavy (non-hydrogen) atoms. The van der Waals surface area contributed by atoms with Crippen LogP contribution in [-0.4, -0.2) is 24.9 Å². The Bertz CT molecular complexity index is 1320. The highest BCUT2D eigenvalue weighted by Crippen LogP contribution is 2.29. The molecule has 5 nitrogen and oxygen atoms in total. The zero-order valence-electron chi connectivity index (χ0n) is 15.6. The van der Waals surface area contributed by atoms with Gasteiger partial charge < -0.3 is 4.57 Å². The number of benzene rings is 2. The minimum Gasteiger partial charge on any atom is -0.318 e. The van der Waals surface area contributed by atoms with Gasteiger partial charge in [0.2, 0.25) is 0 Å². The van der Waals surface area contributed by atoms with E-state index < -0.39 is 0 Å². The maximum Gasteiger partial charge on any atom is 0.287 e. The lowest BCUT2D eigenvalue weighted by Crippen LogP contribution is -2.22. The summed E-state index contributed by atoms with van der Waals surface area (Å²) in [6.07, 6.45) is 2.24. The third kappa shape index (κ3) is 4.20. The molecule has 2 aromatic carbocycles. The molecule has 0 amide bonds. The SMILES string of the molecule is Cn1cnc2c(=O)n(-c3ccc(Cl)cc3Cl)c(SCCc3ccc(Cl)cc3Cl)nc21. The summed E-state index contributed by atoms with van der Waals surface area (Å²) in [5, 5.41) is 2.53. The van der Waals surface area contributed by atoms with E-state index in [1.54, 1.807) is 48.3 Å². The van der Waals surface area contributed by atoms with Crippen molar-refractivity contribution in [2.24, 2.45) is 7.05 Å². The first-order valence-electron chi connectivity index (χ1n) is 8.81. The number of rotatable bonds is 5. The first kappa shape index (κ1) is 21.5. The van der Waals surface area contributed by atoms with Crippen LogP contribution in [0.1, 0.15) is 5.56 Å². The Kier molecular flexibility index (Phi) is 6.32. The van der Waals surface area contributed by atoms with Crippen molar-refractivity contribution in [3.8, 4) is 5.69 Å². The van der Waals surface area contributed by atoms with E-state index in [0.717, 1.165) is 5.56 Å². The van der Waals surface area contributed by atoms with Crippen LogP contribution in [0.25, 0.3) is 16.9 Å². The van der Waals surface area contributed by atoms with Gasteiger partial charge in [-0.05, 0) is 42.3 Å². The average molecular weight is 500 g/mol. The van der Waals surface area contributed by atoms with Crippen LogP contribution >= 0.6 is 58.2 Å². The highest BCUT2D eigenvalue weighted by atomic mass is 35.5. The molecule has 2 aromatic heterocycles. The number of fused-ring (bicyclic) bond motifs is 1. The summed E-state index contributed by atoms with van der Waals surface area (Å²) in [6.45, 7) is 0. The standard InChI is InChI=1S/C20H14Cl4N4OS/c1-27-10-25-17-18(27)26-20(30-7-6-11-2-3-12(21)8-14(11)23)28(19(17)29)16-5-4-13(22)9-15(16)24/h2-5,8-10H,6-7H2,1H3. The van der Waals surface area contributed by atoms with Crippen molar-refractivity contribution in [1.82, 2.24) is 19.1 Å². The van der Waals surface area contributed by atoms with Crippen molar-refractivity contribution in [1.29, 1.82) is 0 Å². The summed E-state index contributed by atoms with van der Waals surface area (Å²) in [4.78, 5) is 22.1. The van der Waals surface area contributed by atoms with Gasteiger partial charge in [-0.3, -0.25) is 9.36 Å². The van der Waals surface area contributed by atoms with Crippen molar-refractivity contribution in [2.45, 2.75) is 11.6 Å². The quantitative estimate of drug-likeness (QED) is 0.247. The zero-order chi connectivity index (χ0) is 21.4. The molecule has 0 N–H and O–H groups in total. The fraction of sp³-hybridized carbons (Fsp3) is 0.150. The van der Waals surface area contributed by atoms with Gasteiger partial charge in [-0.25, -0.2) is 9.97 Å².